The Hall–Kier alpha value is -3.72. The summed E-state index contributed by atoms with van der Waals surface area (Å²) in [6, 6.07) is 16.3. The van der Waals surface area contributed by atoms with Crippen molar-refractivity contribution in [2.75, 3.05) is 25.0 Å². The number of carboxylic acid groups (broad SMARTS) is 1. The van der Waals surface area contributed by atoms with Crippen molar-refractivity contribution in [1.82, 2.24) is 9.88 Å². The van der Waals surface area contributed by atoms with Gasteiger partial charge in [0.2, 0.25) is 0 Å². The first-order valence-electron chi connectivity index (χ1n) is 11.6. The van der Waals surface area contributed by atoms with Gasteiger partial charge < -0.3 is 14.7 Å². The fraction of sp³-hybridized carbons (Fsp3) is 0.308. The topological polar surface area (TPSA) is 109 Å². The third-order valence-electron chi connectivity index (χ3n) is 6.62. The molecule has 2 heterocycles. The summed E-state index contributed by atoms with van der Waals surface area (Å²) in [5.41, 5.74) is 4.86. The summed E-state index contributed by atoms with van der Waals surface area (Å²) in [6.45, 7) is 1.30. The molecule has 1 saturated heterocycles. The van der Waals surface area contributed by atoms with Gasteiger partial charge in [0.1, 0.15) is 12.3 Å². The van der Waals surface area contributed by atoms with Crippen LogP contribution in [0.15, 0.2) is 53.9 Å². The van der Waals surface area contributed by atoms with Gasteiger partial charge in [0, 0.05) is 30.8 Å². The van der Waals surface area contributed by atoms with Gasteiger partial charge in [-0.1, -0.05) is 48.5 Å². The van der Waals surface area contributed by atoms with E-state index in [0.29, 0.717) is 24.6 Å². The molecule has 8 nitrogen and oxygen atoms in total. The second kappa shape index (κ2) is 9.87. The fourth-order valence-corrected chi connectivity index (χ4v) is 5.56. The highest BCUT2D eigenvalue weighted by atomic mass is 32.1. The molecular formula is C26H25N3O5S. The van der Waals surface area contributed by atoms with Gasteiger partial charge in [-0.15, -0.1) is 11.3 Å². The van der Waals surface area contributed by atoms with Crippen LogP contribution in [0, 0.1) is 5.92 Å². The van der Waals surface area contributed by atoms with Gasteiger partial charge >= 0.3 is 12.1 Å². The first-order valence-corrected chi connectivity index (χ1v) is 12.5. The highest BCUT2D eigenvalue weighted by molar-refractivity contribution is 7.14. The van der Waals surface area contributed by atoms with E-state index >= 15 is 0 Å². The maximum Gasteiger partial charge on any atom is 0.413 e. The maximum atomic E-state index is 12.8. The lowest BCUT2D eigenvalue weighted by molar-refractivity contribution is -0.137. The summed E-state index contributed by atoms with van der Waals surface area (Å²) in [4.78, 5) is 42.0. The van der Waals surface area contributed by atoms with E-state index in [1.54, 1.807) is 10.3 Å². The zero-order valence-corrected chi connectivity index (χ0v) is 19.8. The number of hydrogen-bond donors (Lipinski definition) is 2. The van der Waals surface area contributed by atoms with Crippen LogP contribution in [0.1, 0.15) is 46.8 Å². The van der Waals surface area contributed by atoms with Crippen LogP contribution in [0.2, 0.25) is 0 Å². The van der Waals surface area contributed by atoms with Crippen LogP contribution >= 0.6 is 11.3 Å². The highest BCUT2D eigenvalue weighted by Crippen LogP contribution is 2.44. The van der Waals surface area contributed by atoms with E-state index < -0.39 is 12.1 Å². The van der Waals surface area contributed by atoms with E-state index in [2.05, 4.69) is 34.6 Å². The molecule has 2 aliphatic rings. The minimum atomic E-state index is -0.821. The number of aromatic nitrogens is 1. The van der Waals surface area contributed by atoms with Gasteiger partial charge in [-0.05, 0) is 41.0 Å². The molecule has 1 aliphatic heterocycles. The molecule has 0 radical (unpaired) electrons. The molecule has 180 valence electrons. The van der Waals surface area contributed by atoms with Gasteiger partial charge in [0.15, 0.2) is 5.13 Å². The monoisotopic (exact) mass is 491 g/mol. The normalized spacial score (nSPS) is 16.6. The number of carbonyl (C=O) groups is 3. The summed E-state index contributed by atoms with van der Waals surface area (Å²) in [5.74, 6) is -0.879. The Balaban J connectivity index is 1.16. The number of likely N-dealkylation sites (tertiary alicyclic amines) is 1. The molecule has 1 aromatic heterocycles. The Bertz CT molecular complexity index is 1230. The van der Waals surface area contributed by atoms with Gasteiger partial charge in [0.25, 0.3) is 5.91 Å². The first kappa shape index (κ1) is 23.0. The van der Waals surface area contributed by atoms with Crippen molar-refractivity contribution in [3.8, 4) is 11.1 Å². The third kappa shape index (κ3) is 4.90. The standard InChI is InChI=1S/C26H25N3O5S/c30-23(31)10-9-16-11-12-29(13-16)24(32)22-15-35-25(27-22)28-26(33)34-14-21-19-7-3-1-5-17(19)18-6-2-4-8-20(18)21/h1-8,15-16,21H,9-14H2,(H,30,31)(H,27,28,33). The molecule has 1 unspecified atom stereocenters. The van der Waals surface area contributed by atoms with Crippen LogP contribution in [0.25, 0.3) is 11.1 Å². The minimum absolute atomic E-state index is 0.0363. The molecule has 0 saturated carbocycles. The Kier molecular flexibility index (Phi) is 6.50. The summed E-state index contributed by atoms with van der Waals surface area (Å²) in [7, 11) is 0. The van der Waals surface area contributed by atoms with E-state index in [9.17, 15) is 14.4 Å². The predicted octanol–water partition coefficient (Wildman–Crippen LogP) is 4.83. The van der Waals surface area contributed by atoms with E-state index in [0.717, 1.165) is 28.7 Å². The summed E-state index contributed by atoms with van der Waals surface area (Å²) >= 11 is 1.17. The molecule has 35 heavy (non-hydrogen) atoms. The molecule has 1 aliphatic carbocycles. The number of thiazole rings is 1. The van der Waals surface area contributed by atoms with Crippen molar-refractivity contribution >= 4 is 34.4 Å². The van der Waals surface area contributed by atoms with Crippen LogP contribution in [-0.2, 0) is 9.53 Å². The second-order valence-electron chi connectivity index (χ2n) is 8.83. The molecule has 3 aromatic rings. The molecule has 2 amide bonds. The zero-order chi connectivity index (χ0) is 24.4. The highest BCUT2D eigenvalue weighted by Gasteiger charge is 2.30. The second-order valence-corrected chi connectivity index (χ2v) is 9.68. The van der Waals surface area contributed by atoms with Crippen molar-refractivity contribution in [2.24, 2.45) is 5.92 Å². The summed E-state index contributed by atoms with van der Waals surface area (Å²) in [6.07, 6.45) is 0.839. The molecule has 9 heteroatoms. The molecule has 1 fully saturated rings. The smallest absolute Gasteiger partial charge is 0.413 e. The van der Waals surface area contributed by atoms with Crippen molar-refractivity contribution < 1.29 is 24.2 Å². The number of hydrogen-bond acceptors (Lipinski definition) is 6. The van der Waals surface area contributed by atoms with E-state index in [4.69, 9.17) is 9.84 Å². The van der Waals surface area contributed by atoms with Gasteiger partial charge in [-0.3, -0.25) is 14.9 Å². The number of nitrogens with one attached hydrogen (secondary N) is 1. The Morgan fingerprint density at radius 2 is 1.77 bits per heavy atom. The molecule has 5 rings (SSSR count). The summed E-state index contributed by atoms with van der Waals surface area (Å²) in [5, 5.41) is 13.4. The number of fused-ring (bicyclic) bond motifs is 3. The quantitative estimate of drug-likeness (QED) is 0.490. The lowest BCUT2D eigenvalue weighted by atomic mass is 9.98. The minimum Gasteiger partial charge on any atom is -0.481 e. The molecule has 1 atom stereocenters. The average Bonchev–Trinajstić information content (AvgIpc) is 3.59. The van der Waals surface area contributed by atoms with Gasteiger partial charge in [-0.25, -0.2) is 9.78 Å². The molecule has 0 spiro atoms. The zero-order valence-electron chi connectivity index (χ0n) is 19.0. The number of anilines is 1. The molecule has 2 N–H and O–H groups in total. The number of aliphatic carboxylic acids is 1. The van der Waals surface area contributed by atoms with E-state index in [1.807, 2.05) is 24.3 Å². The van der Waals surface area contributed by atoms with Crippen LogP contribution < -0.4 is 5.32 Å². The Morgan fingerprint density at radius 3 is 2.46 bits per heavy atom. The largest absolute Gasteiger partial charge is 0.481 e. The van der Waals surface area contributed by atoms with Crippen molar-refractivity contribution in [1.29, 1.82) is 0 Å². The number of rotatable bonds is 7. The van der Waals surface area contributed by atoms with Crippen LogP contribution in [0.3, 0.4) is 0 Å². The third-order valence-corrected chi connectivity index (χ3v) is 7.37. The van der Waals surface area contributed by atoms with Gasteiger partial charge in [0.05, 0.1) is 0 Å². The number of benzene rings is 2. The summed E-state index contributed by atoms with van der Waals surface area (Å²) < 4.78 is 5.55. The average molecular weight is 492 g/mol. The van der Waals surface area contributed by atoms with E-state index in [-0.39, 0.29) is 36.5 Å². The Morgan fingerprint density at radius 1 is 1.09 bits per heavy atom. The molecule has 0 bridgehead atoms. The molecule has 2 aromatic carbocycles. The molecular weight excluding hydrogens is 466 g/mol. The number of carboxylic acids is 1. The number of carbonyl (C=O) groups excluding carboxylic acids is 2. The first-order chi connectivity index (χ1) is 17.0. The fourth-order valence-electron chi connectivity index (χ4n) is 4.89. The Labute approximate surface area is 206 Å². The van der Waals surface area contributed by atoms with Crippen LogP contribution in [-0.4, -0.2) is 52.7 Å². The predicted molar refractivity (Wildman–Crippen MR) is 132 cm³/mol. The van der Waals surface area contributed by atoms with Crippen molar-refractivity contribution in [2.45, 2.75) is 25.2 Å². The lowest BCUT2D eigenvalue weighted by Gasteiger charge is -2.15. The van der Waals surface area contributed by atoms with E-state index in [1.165, 1.54) is 11.3 Å². The maximum absolute atomic E-state index is 12.8. The SMILES string of the molecule is O=C(O)CCC1CCN(C(=O)c2csc(NC(=O)OCC3c4ccccc4-c4ccccc43)n2)C1. The number of ether oxygens (including phenoxy) is 1. The van der Waals surface area contributed by atoms with Crippen molar-refractivity contribution in [3.05, 3.63) is 70.7 Å². The number of nitrogens with zero attached hydrogens (tertiary/aromatic N) is 2. The van der Waals surface area contributed by atoms with Crippen LogP contribution in [0.4, 0.5) is 9.93 Å². The van der Waals surface area contributed by atoms with Gasteiger partial charge in [-0.2, -0.15) is 0 Å². The van der Waals surface area contributed by atoms with Crippen molar-refractivity contribution in [3.63, 3.8) is 0 Å². The number of amides is 2. The van der Waals surface area contributed by atoms with Crippen LogP contribution in [0.5, 0.6) is 0 Å². The lowest BCUT2D eigenvalue weighted by Crippen LogP contribution is -2.29.